The van der Waals surface area contributed by atoms with Gasteiger partial charge < -0.3 is 10.5 Å². The number of halogens is 2. The van der Waals surface area contributed by atoms with Gasteiger partial charge in [0.25, 0.3) is 0 Å². The van der Waals surface area contributed by atoms with Crippen LogP contribution in [-0.2, 0) is 9.53 Å². The molecule has 0 atom stereocenters. The first kappa shape index (κ1) is 15.6. The van der Waals surface area contributed by atoms with Crippen molar-refractivity contribution in [2.24, 2.45) is 5.73 Å². The van der Waals surface area contributed by atoms with Gasteiger partial charge in [-0.25, -0.2) is 13.6 Å². The number of esters is 1. The van der Waals surface area contributed by atoms with Crippen LogP contribution in [0.15, 0.2) is 42.6 Å². The predicted octanol–water partition coefficient (Wildman–Crippen LogP) is 2.75. The lowest BCUT2D eigenvalue weighted by Gasteiger charge is -2.12. The Kier molecular flexibility index (Phi) is 4.83. The van der Waals surface area contributed by atoms with Crippen LogP contribution < -0.4 is 5.73 Å². The monoisotopic (exact) mass is 304 g/mol. The average Bonchev–Trinajstić information content (AvgIpc) is 2.51. The van der Waals surface area contributed by atoms with E-state index in [1.807, 2.05) is 0 Å². The van der Waals surface area contributed by atoms with Crippen molar-refractivity contribution >= 4 is 17.2 Å². The summed E-state index contributed by atoms with van der Waals surface area (Å²) >= 11 is 0. The predicted molar refractivity (Wildman–Crippen MR) is 78.2 cm³/mol. The van der Waals surface area contributed by atoms with Crippen LogP contribution in [0, 0.1) is 11.6 Å². The van der Waals surface area contributed by atoms with E-state index in [-0.39, 0.29) is 29.1 Å². The van der Waals surface area contributed by atoms with E-state index in [0.717, 1.165) is 18.2 Å². The molecule has 4 nitrogen and oxygen atoms in total. The van der Waals surface area contributed by atoms with E-state index in [1.54, 1.807) is 19.1 Å². The number of aromatic nitrogens is 1. The van der Waals surface area contributed by atoms with Gasteiger partial charge in [-0.2, -0.15) is 0 Å². The molecule has 0 spiro atoms. The van der Waals surface area contributed by atoms with Gasteiger partial charge in [0, 0.05) is 11.8 Å². The first-order valence-electron chi connectivity index (χ1n) is 6.58. The molecule has 0 saturated carbocycles. The van der Waals surface area contributed by atoms with E-state index >= 15 is 0 Å². The summed E-state index contributed by atoms with van der Waals surface area (Å²) in [6.07, 6.45) is 1.46. The largest absolute Gasteiger partial charge is 0.462 e. The third-order valence-electron chi connectivity index (χ3n) is 2.89. The molecule has 0 aliphatic heterocycles. The van der Waals surface area contributed by atoms with Crippen molar-refractivity contribution in [3.8, 4) is 0 Å². The Labute approximate surface area is 126 Å². The van der Waals surface area contributed by atoms with E-state index < -0.39 is 17.6 Å². The zero-order valence-corrected chi connectivity index (χ0v) is 11.8. The van der Waals surface area contributed by atoms with Gasteiger partial charge in [-0.05, 0) is 37.3 Å². The van der Waals surface area contributed by atoms with Crippen molar-refractivity contribution in [1.82, 2.24) is 4.98 Å². The van der Waals surface area contributed by atoms with Crippen LogP contribution in [-0.4, -0.2) is 17.6 Å². The second-order valence-corrected chi connectivity index (χ2v) is 4.35. The second kappa shape index (κ2) is 6.80. The maximum absolute atomic E-state index is 13.9. The fourth-order valence-corrected chi connectivity index (χ4v) is 1.90. The molecule has 2 aromatic rings. The summed E-state index contributed by atoms with van der Waals surface area (Å²) in [6, 6.07) is 7.68. The summed E-state index contributed by atoms with van der Waals surface area (Å²) in [6.45, 7) is 1.75. The summed E-state index contributed by atoms with van der Waals surface area (Å²) in [5.41, 5.74) is 5.58. The number of hydrogen-bond acceptors (Lipinski definition) is 4. The third kappa shape index (κ3) is 3.28. The molecule has 0 amide bonds. The van der Waals surface area contributed by atoms with Gasteiger partial charge in [0.2, 0.25) is 0 Å². The maximum Gasteiger partial charge on any atom is 0.342 e. The number of carbonyl (C=O) groups is 1. The third-order valence-corrected chi connectivity index (χ3v) is 2.89. The van der Waals surface area contributed by atoms with Crippen LogP contribution >= 0.6 is 0 Å². The van der Waals surface area contributed by atoms with E-state index in [9.17, 15) is 13.6 Å². The SMILES string of the molecule is CCOC(=O)/C(=C(\N)c1cc(F)ccc1F)c1ccccn1. The van der Waals surface area contributed by atoms with Gasteiger partial charge in [0.05, 0.1) is 18.0 Å². The second-order valence-electron chi connectivity index (χ2n) is 4.35. The van der Waals surface area contributed by atoms with Crippen LogP contribution in [0.4, 0.5) is 8.78 Å². The van der Waals surface area contributed by atoms with E-state index in [0.29, 0.717) is 0 Å². The number of ether oxygens (including phenoxy) is 1. The van der Waals surface area contributed by atoms with E-state index in [2.05, 4.69) is 4.98 Å². The van der Waals surface area contributed by atoms with Gasteiger partial charge in [0.15, 0.2) is 0 Å². The molecule has 114 valence electrons. The highest BCUT2D eigenvalue weighted by Gasteiger charge is 2.21. The van der Waals surface area contributed by atoms with Gasteiger partial charge in [-0.3, -0.25) is 4.98 Å². The molecule has 1 heterocycles. The number of benzene rings is 1. The maximum atomic E-state index is 13.9. The topological polar surface area (TPSA) is 65.2 Å². The molecular formula is C16H14F2N2O2. The number of hydrogen-bond donors (Lipinski definition) is 1. The van der Waals surface area contributed by atoms with Crippen molar-refractivity contribution < 1.29 is 18.3 Å². The molecule has 2 N–H and O–H groups in total. The average molecular weight is 304 g/mol. The number of rotatable bonds is 4. The molecule has 0 radical (unpaired) electrons. The fraction of sp³-hybridized carbons (Fsp3) is 0.125. The normalized spacial score (nSPS) is 11.8. The van der Waals surface area contributed by atoms with Crippen molar-refractivity contribution in [2.75, 3.05) is 6.61 Å². The molecule has 0 bridgehead atoms. The minimum atomic E-state index is -0.748. The molecule has 0 aliphatic carbocycles. The van der Waals surface area contributed by atoms with Gasteiger partial charge >= 0.3 is 5.97 Å². The fourth-order valence-electron chi connectivity index (χ4n) is 1.90. The lowest BCUT2D eigenvalue weighted by atomic mass is 10.0. The number of nitrogens with two attached hydrogens (primary N) is 1. The molecule has 0 unspecified atom stereocenters. The van der Waals surface area contributed by atoms with Crippen molar-refractivity contribution in [3.05, 3.63) is 65.5 Å². The first-order valence-corrected chi connectivity index (χ1v) is 6.58. The molecule has 6 heteroatoms. The molecule has 2 rings (SSSR count). The summed E-state index contributed by atoms with van der Waals surface area (Å²) in [5, 5.41) is 0. The van der Waals surface area contributed by atoms with Gasteiger partial charge in [-0.1, -0.05) is 6.07 Å². The first-order chi connectivity index (χ1) is 10.5. The van der Waals surface area contributed by atoms with E-state index in [1.165, 1.54) is 12.3 Å². The van der Waals surface area contributed by atoms with Crippen molar-refractivity contribution in [3.63, 3.8) is 0 Å². The lowest BCUT2D eigenvalue weighted by Crippen LogP contribution is -2.14. The highest BCUT2D eigenvalue weighted by Crippen LogP contribution is 2.25. The summed E-state index contributed by atoms with van der Waals surface area (Å²) in [5.74, 6) is -2.15. The van der Waals surface area contributed by atoms with Crippen LogP contribution in [0.3, 0.4) is 0 Å². The van der Waals surface area contributed by atoms with Crippen molar-refractivity contribution in [2.45, 2.75) is 6.92 Å². The summed E-state index contributed by atoms with van der Waals surface area (Å²) < 4.78 is 32.2. The Bertz CT molecular complexity index is 715. The Hall–Kier alpha value is -2.76. The lowest BCUT2D eigenvalue weighted by molar-refractivity contribution is -0.136. The Morgan fingerprint density at radius 2 is 2.05 bits per heavy atom. The number of carbonyl (C=O) groups excluding carboxylic acids is 1. The van der Waals surface area contributed by atoms with Crippen molar-refractivity contribution in [1.29, 1.82) is 0 Å². The highest BCUT2D eigenvalue weighted by molar-refractivity contribution is 6.23. The Morgan fingerprint density at radius 1 is 1.27 bits per heavy atom. The van der Waals surface area contributed by atoms with Gasteiger partial charge in [-0.15, -0.1) is 0 Å². The number of pyridine rings is 1. The van der Waals surface area contributed by atoms with Crippen LogP contribution in [0.5, 0.6) is 0 Å². The molecule has 22 heavy (non-hydrogen) atoms. The molecule has 0 fully saturated rings. The smallest absolute Gasteiger partial charge is 0.342 e. The van der Waals surface area contributed by atoms with Crippen LogP contribution in [0.25, 0.3) is 11.3 Å². The minimum absolute atomic E-state index is 0.105. The molecule has 1 aromatic heterocycles. The number of nitrogens with zero attached hydrogens (tertiary/aromatic N) is 1. The minimum Gasteiger partial charge on any atom is -0.462 e. The quantitative estimate of drug-likeness (QED) is 0.697. The molecule has 0 aliphatic rings. The molecule has 0 saturated heterocycles. The van der Waals surface area contributed by atoms with Crippen LogP contribution in [0.1, 0.15) is 18.2 Å². The molecular weight excluding hydrogens is 290 g/mol. The zero-order valence-electron chi connectivity index (χ0n) is 11.8. The van der Waals surface area contributed by atoms with Gasteiger partial charge in [0.1, 0.15) is 17.2 Å². The zero-order chi connectivity index (χ0) is 16.1. The van der Waals surface area contributed by atoms with E-state index in [4.69, 9.17) is 10.5 Å². The highest BCUT2D eigenvalue weighted by atomic mass is 19.1. The molecule has 1 aromatic carbocycles. The Morgan fingerprint density at radius 3 is 2.68 bits per heavy atom. The van der Waals surface area contributed by atoms with Crippen LogP contribution in [0.2, 0.25) is 0 Å². The summed E-state index contributed by atoms with van der Waals surface area (Å²) in [7, 11) is 0. The summed E-state index contributed by atoms with van der Waals surface area (Å²) in [4.78, 5) is 16.2. The Balaban J connectivity index is 2.65. The standard InChI is InChI=1S/C16H14F2N2O2/c1-2-22-16(21)14(13-5-3-4-8-20-13)15(19)11-9-10(17)6-7-12(11)18/h3-9H,2,19H2,1H3/b15-14-.